The second-order valence-corrected chi connectivity index (χ2v) is 10.3. The molecule has 0 aromatic heterocycles. The molecule has 192 valence electrons. The fourth-order valence-corrected chi connectivity index (χ4v) is 5.84. The largest absolute Gasteiger partial charge is 0.345 e. The van der Waals surface area contributed by atoms with E-state index in [1.165, 1.54) is 50.4 Å². The van der Waals surface area contributed by atoms with Crippen LogP contribution in [0.25, 0.3) is 22.3 Å². The SMILES string of the molecule is CN(c1ccccc1)c1ccc(-c2ccc(N(c3ccccc3)c3cccc4c3Cc3ccccc3-4)cc2)cc1. The van der Waals surface area contributed by atoms with Crippen molar-refractivity contribution in [3.05, 3.63) is 163 Å². The molecule has 0 amide bonds. The van der Waals surface area contributed by atoms with Crippen molar-refractivity contribution in [2.75, 3.05) is 16.8 Å². The summed E-state index contributed by atoms with van der Waals surface area (Å²) in [5.74, 6) is 0. The lowest BCUT2D eigenvalue weighted by Gasteiger charge is -2.28. The first-order chi connectivity index (χ1) is 19.8. The van der Waals surface area contributed by atoms with Gasteiger partial charge in [0.1, 0.15) is 0 Å². The van der Waals surface area contributed by atoms with Crippen LogP contribution in [0.15, 0.2) is 152 Å². The topological polar surface area (TPSA) is 6.48 Å². The van der Waals surface area contributed by atoms with E-state index in [0.29, 0.717) is 0 Å². The molecule has 7 rings (SSSR count). The van der Waals surface area contributed by atoms with Gasteiger partial charge in [0.05, 0.1) is 5.69 Å². The summed E-state index contributed by atoms with van der Waals surface area (Å²) in [6, 6.07) is 54.4. The van der Waals surface area contributed by atoms with Crippen molar-refractivity contribution in [2.24, 2.45) is 0 Å². The van der Waals surface area contributed by atoms with Crippen LogP contribution in [0.2, 0.25) is 0 Å². The van der Waals surface area contributed by atoms with Gasteiger partial charge in [-0.3, -0.25) is 0 Å². The normalized spacial score (nSPS) is 11.5. The summed E-state index contributed by atoms with van der Waals surface area (Å²) in [5, 5.41) is 0. The van der Waals surface area contributed by atoms with Crippen LogP contribution in [0.1, 0.15) is 11.1 Å². The molecule has 0 saturated heterocycles. The number of para-hydroxylation sites is 2. The Labute approximate surface area is 236 Å². The molecule has 0 radical (unpaired) electrons. The molecule has 0 N–H and O–H groups in total. The molecular formula is C38H30N2. The van der Waals surface area contributed by atoms with Gasteiger partial charge in [-0.2, -0.15) is 0 Å². The molecule has 0 saturated carbocycles. The van der Waals surface area contributed by atoms with Crippen LogP contribution in [0.3, 0.4) is 0 Å². The third kappa shape index (κ3) is 4.34. The van der Waals surface area contributed by atoms with Crippen molar-refractivity contribution in [2.45, 2.75) is 6.42 Å². The Hall–Kier alpha value is -5.08. The smallest absolute Gasteiger partial charge is 0.0503 e. The van der Waals surface area contributed by atoms with Crippen molar-refractivity contribution in [3.63, 3.8) is 0 Å². The molecule has 6 aromatic rings. The minimum atomic E-state index is 0.951. The van der Waals surface area contributed by atoms with E-state index in [2.05, 4.69) is 162 Å². The Morgan fingerprint density at radius 2 is 0.925 bits per heavy atom. The van der Waals surface area contributed by atoms with Crippen LogP contribution in [-0.4, -0.2) is 7.05 Å². The first kappa shape index (κ1) is 24.0. The zero-order chi connectivity index (χ0) is 26.9. The average molecular weight is 515 g/mol. The quantitative estimate of drug-likeness (QED) is 0.218. The first-order valence-electron chi connectivity index (χ1n) is 13.8. The minimum Gasteiger partial charge on any atom is -0.345 e. The van der Waals surface area contributed by atoms with Gasteiger partial charge in [0, 0.05) is 36.2 Å². The summed E-state index contributed by atoms with van der Waals surface area (Å²) in [5.41, 5.74) is 13.8. The predicted molar refractivity (Wildman–Crippen MR) is 169 cm³/mol. The van der Waals surface area contributed by atoms with Gasteiger partial charge in [-0.25, -0.2) is 0 Å². The molecule has 0 unspecified atom stereocenters. The van der Waals surface area contributed by atoms with Gasteiger partial charge in [-0.15, -0.1) is 0 Å². The highest BCUT2D eigenvalue weighted by Gasteiger charge is 2.24. The highest BCUT2D eigenvalue weighted by atomic mass is 15.1. The minimum absolute atomic E-state index is 0.951. The summed E-state index contributed by atoms with van der Waals surface area (Å²) >= 11 is 0. The van der Waals surface area contributed by atoms with E-state index in [1.807, 2.05) is 6.07 Å². The van der Waals surface area contributed by atoms with Crippen LogP contribution in [-0.2, 0) is 6.42 Å². The van der Waals surface area contributed by atoms with Crippen LogP contribution < -0.4 is 9.80 Å². The second-order valence-electron chi connectivity index (χ2n) is 10.3. The molecule has 40 heavy (non-hydrogen) atoms. The molecule has 6 aromatic carbocycles. The highest BCUT2D eigenvalue weighted by molar-refractivity contribution is 5.88. The lowest BCUT2D eigenvalue weighted by molar-refractivity contribution is 1.20. The highest BCUT2D eigenvalue weighted by Crippen LogP contribution is 2.45. The van der Waals surface area contributed by atoms with Crippen LogP contribution in [0.5, 0.6) is 0 Å². The maximum Gasteiger partial charge on any atom is 0.0503 e. The summed E-state index contributed by atoms with van der Waals surface area (Å²) in [6.45, 7) is 0. The third-order valence-electron chi connectivity index (χ3n) is 7.94. The Morgan fingerprint density at radius 3 is 1.60 bits per heavy atom. The number of anilines is 5. The maximum absolute atomic E-state index is 2.40. The third-order valence-corrected chi connectivity index (χ3v) is 7.94. The van der Waals surface area contributed by atoms with E-state index >= 15 is 0 Å². The van der Waals surface area contributed by atoms with Crippen molar-refractivity contribution < 1.29 is 0 Å². The molecule has 0 spiro atoms. The lowest BCUT2D eigenvalue weighted by Crippen LogP contribution is -2.12. The van der Waals surface area contributed by atoms with Crippen LogP contribution in [0, 0.1) is 0 Å². The Balaban J connectivity index is 1.23. The van der Waals surface area contributed by atoms with Crippen LogP contribution in [0.4, 0.5) is 28.4 Å². The molecule has 0 bridgehead atoms. The fraction of sp³-hybridized carbons (Fsp3) is 0.0526. The maximum atomic E-state index is 2.40. The van der Waals surface area contributed by atoms with E-state index in [4.69, 9.17) is 0 Å². The van der Waals surface area contributed by atoms with Gasteiger partial charge in [-0.05, 0) is 88.0 Å². The number of benzene rings is 6. The number of hydrogen-bond acceptors (Lipinski definition) is 2. The van der Waals surface area contributed by atoms with E-state index in [9.17, 15) is 0 Å². The predicted octanol–water partition coefficient (Wildman–Crippen LogP) is 10.2. The monoisotopic (exact) mass is 514 g/mol. The van der Waals surface area contributed by atoms with Crippen molar-refractivity contribution >= 4 is 28.4 Å². The molecule has 2 heteroatoms. The molecule has 0 aliphatic heterocycles. The molecule has 0 fully saturated rings. The molecule has 2 nitrogen and oxygen atoms in total. The summed E-state index contributed by atoms with van der Waals surface area (Å²) < 4.78 is 0. The van der Waals surface area contributed by atoms with Gasteiger partial charge in [0.15, 0.2) is 0 Å². The molecular weight excluding hydrogens is 484 g/mol. The standard InChI is InChI=1S/C38H30N2/c1-39(31-12-4-2-5-13-31)32-23-19-28(20-24-32)29-21-25-34(26-22-29)40(33-14-6-3-7-15-33)38-18-10-17-36-35-16-9-8-11-30(35)27-37(36)38/h2-26H,27H2,1H3. The molecule has 1 aliphatic rings. The molecule has 0 atom stereocenters. The first-order valence-corrected chi connectivity index (χ1v) is 13.8. The van der Waals surface area contributed by atoms with Crippen LogP contribution >= 0.6 is 0 Å². The number of rotatable bonds is 6. The molecule has 0 heterocycles. The number of fused-ring (bicyclic) bond motifs is 3. The van der Waals surface area contributed by atoms with Crippen molar-refractivity contribution in [1.29, 1.82) is 0 Å². The summed E-state index contributed by atoms with van der Waals surface area (Å²) in [4.78, 5) is 4.60. The fourth-order valence-electron chi connectivity index (χ4n) is 5.84. The van der Waals surface area contributed by atoms with Gasteiger partial charge >= 0.3 is 0 Å². The van der Waals surface area contributed by atoms with E-state index in [1.54, 1.807) is 0 Å². The zero-order valence-corrected chi connectivity index (χ0v) is 22.5. The zero-order valence-electron chi connectivity index (χ0n) is 22.5. The number of nitrogens with zero attached hydrogens (tertiary/aromatic N) is 2. The number of hydrogen-bond donors (Lipinski definition) is 0. The summed E-state index contributed by atoms with van der Waals surface area (Å²) in [6.07, 6.45) is 0.951. The van der Waals surface area contributed by atoms with Gasteiger partial charge in [0.25, 0.3) is 0 Å². The van der Waals surface area contributed by atoms with Gasteiger partial charge in [-0.1, -0.05) is 97.1 Å². The van der Waals surface area contributed by atoms with Crippen molar-refractivity contribution in [1.82, 2.24) is 0 Å². The molecule has 1 aliphatic carbocycles. The van der Waals surface area contributed by atoms with E-state index in [0.717, 1.165) is 17.8 Å². The average Bonchev–Trinajstić information content (AvgIpc) is 3.42. The van der Waals surface area contributed by atoms with Crippen molar-refractivity contribution in [3.8, 4) is 22.3 Å². The van der Waals surface area contributed by atoms with Gasteiger partial charge < -0.3 is 9.80 Å². The lowest BCUT2D eigenvalue weighted by atomic mass is 10.0. The van der Waals surface area contributed by atoms with Gasteiger partial charge in [0.2, 0.25) is 0 Å². The second kappa shape index (κ2) is 10.2. The summed E-state index contributed by atoms with van der Waals surface area (Å²) in [7, 11) is 2.11. The van der Waals surface area contributed by atoms with E-state index < -0.39 is 0 Å². The Bertz CT molecular complexity index is 1760. The van der Waals surface area contributed by atoms with E-state index in [-0.39, 0.29) is 0 Å². The Kier molecular flexibility index (Phi) is 6.14. The Morgan fingerprint density at radius 1 is 0.425 bits per heavy atom.